The Balaban J connectivity index is 4.00. The number of aliphatic hydroxyl groups is 3. The highest BCUT2D eigenvalue weighted by Gasteiger charge is 2.28. The smallest absolute Gasteiger partial charge is 0.335 e. The summed E-state index contributed by atoms with van der Waals surface area (Å²) in [5, 5.41) is 34.6. The maximum absolute atomic E-state index is 10.0. The van der Waals surface area contributed by atoms with Crippen molar-refractivity contribution in [3.05, 3.63) is 0 Å². The minimum atomic E-state index is -1.91. The Hall–Kier alpha value is -0.650. The van der Waals surface area contributed by atoms with Gasteiger partial charge in [0.2, 0.25) is 0 Å². The Labute approximate surface area is 63.9 Å². The van der Waals surface area contributed by atoms with E-state index in [0.29, 0.717) is 0 Å². The second-order valence-electron chi connectivity index (χ2n) is 2.25. The van der Waals surface area contributed by atoms with Gasteiger partial charge in [-0.25, -0.2) is 4.79 Å². The van der Waals surface area contributed by atoms with Crippen LogP contribution in [0.4, 0.5) is 0 Å². The van der Waals surface area contributed by atoms with E-state index < -0.39 is 24.3 Å². The van der Waals surface area contributed by atoms with E-state index in [1.165, 1.54) is 0 Å². The summed E-state index contributed by atoms with van der Waals surface area (Å²) in [5.74, 6) is -1.54. The molecule has 0 aliphatic heterocycles. The molecule has 4 N–H and O–H groups in total. The van der Waals surface area contributed by atoms with Crippen LogP contribution in [0.1, 0.15) is 13.3 Å². The molecule has 0 amide bonds. The van der Waals surface area contributed by atoms with E-state index in [1.807, 2.05) is 0 Å². The molecular weight excluding hydrogens is 152 g/mol. The predicted octanol–water partition coefficient (Wildman–Crippen LogP) is -1.44. The summed E-state index contributed by atoms with van der Waals surface area (Å²) in [5.41, 5.74) is 0. The summed E-state index contributed by atoms with van der Waals surface area (Å²) >= 11 is 0. The first-order valence-electron chi connectivity index (χ1n) is 3.27. The van der Waals surface area contributed by atoms with Crippen molar-refractivity contribution in [2.45, 2.75) is 31.7 Å². The largest absolute Gasteiger partial charge is 0.479 e. The molecule has 0 rings (SSSR count). The van der Waals surface area contributed by atoms with Gasteiger partial charge in [-0.3, -0.25) is 0 Å². The van der Waals surface area contributed by atoms with Gasteiger partial charge in [-0.1, -0.05) is 6.92 Å². The van der Waals surface area contributed by atoms with Gasteiger partial charge in [0, 0.05) is 0 Å². The number of hydrogen-bond donors (Lipinski definition) is 4. The topological polar surface area (TPSA) is 98.0 Å². The molecule has 66 valence electrons. The third-order valence-corrected chi connectivity index (χ3v) is 1.39. The van der Waals surface area contributed by atoms with Crippen molar-refractivity contribution in [3.63, 3.8) is 0 Å². The third kappa shape index (κ3) is 2.83. The average Bonchev–Trinajstić information content (AvgIpc) is 2.00. The van der Waals surface area contributed by atoms with Crippen LogP contribution in [0.3, 0.4) is 0 Å². The van der Waals surface area contributed by atoms with Gasteiger partial charge >= 0.3 is 5.97 Å². The fraction of sp³-hybridized carbons (Fsp3) is 0.833. The van der Waals surface area contributed by atoms with Gasteiger partial charge in [0.15, 0.2) is 6.10 Å². The molecule has 0 aromatic rings. The van der Waals surface area contributed by atoms with Gasteiger partial charge in [-0.05, 0) is 6.42 Å². The quantitative estimate of drug-likeness (QED) is 0.408. The Kier molecular flexibility index (Phi) is 4.02. The number of rotatable bonds is 4. The lowest BCUT2D eigenvalue weighted by Crippen LogP contribution is -2.41. The molecular formula is C6H12O5. The van der Waals surface area contributed by atoms with Crippen LogP contribution in [0.25, 0.3) is 0 Å². The van der Waals surface area contributed by atoms with Crippen molar-refractivity contribution in [3.8, 4) is 0 Å². The first kappa shape index (κ1) is 10.3. The van der Waals surface area contributed by atoms with Crippen LogP contribution in [-0.4, -0.2) is 44.7 Å². The zero-order chi connectivity index (χ0) is 9.02. The van der Waals surface area contributed by atoms with Gasteiger partial charge in [-0.15, -0.1) is 0 Å². The van der Waals surface area contributed by atoms with Gasteiger partial charge in [0.25, 0.3) is 0 Å². The van der Waals surface area contributed by atoms with E-state index in [0.717, 1.165) is 0 Å². The van der Waals surface area contributed by atoms with Gasteiger partial charge < -0.3 is 20.4 Å². The van der Waals surface area contributed by atoms with Gasteiger partial charge in [-0.2, -0.15) is 0 Å². The molecule has 0 fully saturated rings. The normalized spacial score (nSPS) is 18.9. The van der Waals surface area contributed by atoms with Crippen LogP contribution in [0.2, 0.25) is 0 Å². The fourth-order valence-electron chi connectivity index (χ4n) is 0.598. The molecule has 3 atom stereocenters. The number of carboxylic acid groups (broad SMARTS) is 1. The highest BCUT2D eigenvalue weighted by Crippen LogP contribution is 2.03. The minimum Gasteiger partial charge on any atom is -0.479 e. The van der Waals surface area contributed by atoms with E-state index in [2.05, 4.69) is 0 Å². The molecule has 0 radical (unpaired) electrons. The number of hydrogen-bond acceptors (Lipinski definition) is 4. The summed E-state index contributed by atoms with van der Waals surface area (Å²) in [6.45, 7) is 1.57. The third-order valence-electron chi connectivity index (χ3n) is 1.39. The van der Waals surface area contributed by atoms with E-state index in [9.17, 15) is 4.79 Å². The van der Waals surface area contributed by atoms with Crippen molar-refractivity contribution >= 4 is 5.97 Å². The van der Waals surface area contributed by atoms with E-state index in [-0.39, 0.29) is 6.42 Å². The monoisotopic (exact) mass is 164 g/mol. The van der Waals surface area contributed by atoms with Crippen LogP contribution in [0.15, 0.2) is 0 Å². The van der Waals surface area contributed by atoms with Gasteiger partial charge in [0.1, 0.15) is 6.10 Å². The maximum atomic E-state index is 10.0. The van der Waals surface area contributed by atoms with Crippen molar-refractivity contribution in [1.82, 2.24) is 0 Å². The Bertz CT molecular complexity index is 135. The van der Waals surface area contributed by atoms with Crippen LogP contribution in [0.5, 0.6) is 0 Å². The lowest BCUT2D eigenvalue weighted by molar-refractivity contribution is -0.158. The van der Waals surface area contributed by atoms with E-state index in [1.54, 1.807) is 6.92 Å². The van der Waals surface area contributed by atoms with Crippen LogP contribution < -0.4 is 0 Å². The van der Waals surface area contributed by atoms with E-state index in [4.69, 9.17) is 20.4 Å². The molecule has 0 saturated carbocycles. The van der Waals surface area contributed by atoms with Crippen molar-refractivity contribution in [2.75, 3.05) is 0 Å². The molecule has 0 heterocycles. The first-order chi connectivity index (χ1) is 5.00. The average molecular weight is 164 g/mol. The number of carbonyl (C=O) groups is 1. The van der Waals surface area contributed by atoms with Crippen LogP contribution in [-0.2, 0) is 4.79 Å². The fourth-order valence-corrected chi connectivity index (χ4v) is 0.598. The molecule has 0 aromatic heterocycles. The standard InChI is InChI=1S/C6H12O5/c1-2-3(7)4(8)5(9)6(10)11/h3-5,7-9H,2H2,1H3,(H,10,11). The lowest BCUT2D eigenvalue weighted by Gasteiger charge is -2.18. The zero-order valence-electron chi connectivity index (χ0n) is 6.14. The van der Waals surface area contributed by atoms with Crippen LogP contribution >= 0.6 is 0 Å². The molecule has 0 saturated heterocycles. The second-order valence-corrected chi connectivity index (χ2v) is 2.25. The number of aliphatic hydroxyl groups excluding tert-OH is 3. The predicted molar refractivity (Wildman–Crippen MR) is 35.9 cm³/mol. The highest BCUT2D eigenvalue weighted by molar-refractivity contribution is 5.72. The molecule has 11 heavy (non-hydrogen) atoms. The second kappa shape index (κ2) is 4.27. The molecule has 0 aromatic carbocycles. The first-order valence-corrected chi connectivity index (χ1v) is 3.27. The minimum absolute atomic E-state index is 0.200. The van der Waals surface area contributed by atoms with Crippen LogP contribution in [0, 0.1) is 0 Å². The molecule has 0 aliphatic carbocycles. The Morgan fingerprint density at radius 2 is 1.82 bits per heavy atom. The molecule has 5 nitrogen and oxygen atoms in total. The van der Waals surface area contributed by atoms with Crippen molar-refractivity contribution < 1.29 is 25.2 Å². The summed E-state index contributed by atoms with van der Waals surface area (Å²) in [6.07, 6.45) is -4.52. The van der Waals surface area contributed by atoms with Crippen molar-refractivity contribution in [2.24, 2.45) is 0 Å². The molecule has 5 heteroatoms. The summed E-state index contributed by atoms with van der Waals surface area (Å²) in [6, 6.07) is 0. The van der Waals surface area contributed by atoms with Gasteiger partial charge in [0.05, 0.1) is 6.10 Å². The molecule has 0 spiro atoms. The Morgan fingerprint density at radius 1 is 1.36 bits per heavy atom. The molecule has 3 unspecified atom stereocenters. The van der Waals surface area contributed by atoms with E-state index >= 15 is 0 Å². The molecule has 0 aliphatic rings. The SMILES string of the molecule is CCC(O)C(O)C(O)C(=O)O. The number of aliphatic carboxylic acids is 1. The maximum Gasteiger partial charge on any atom is 0.335 e. The zero-order valence-corrected chi connectivity index (χ0v) is 6.14. The lowest BCUT2D eigenvalue weighted by atomic mass is 10.1. The summed E-state index contributed by atoms with van der Waals surface area (Å²) in [7, 11) is 0. The highest BCUT2D eigenvalue weighted by atomic mass is 16.4. The molecule has 0 bridgehead atoms. The van der Waals surface area contributed by atoms with Crippen molar-refractivity contribution in [1.29, 1.82) is 0 Å². The Morgan fingerprint density at radius 3 is 2.09 bits per heavy atom. The summed E-state index contributed by atoms with van der Waals surface area (Å²) in [4.78, 5) is 10.0. The summed E-state index contributed by atoms with van der Waals surface area (Å²) < 4.78 is 0. The number of carboxylic acids is 1.